The summed E-state index contributed by atoms with van der Waals surface area (Å²) in [7, 11) is 1.64. The summed E-state index contributed by atoms with van der Waals surface area (Å²) < 4.78 is 0. The van der Waals surface area contributed by atoms with Crippen LogP contribution in [0.5, 0.6) is 0 Å². The lowest BCUT2D eigenvalue weighted by molar-refractivity contribution is 0.0963. The normalized spacial score (nSPS) is 22.9. The van der Waals surface area contributed by atoms with E-state index in [-0.39, 0.29) is 5.91 Å². The lowest BCUT2D eigenvalue weighted by Gasteiger charge is -2.19. The van der Waals surface area contributed by atoms with Crippen LogP contribution in [-0.4, -0.2) is 19.0 Å². The van der Waals surface area contributed by atoms with Gasteiger partial charge in [0.2, 0.25) is 0 Å². The van der Waals surface area contributed by atoms with E-state index in [4.69, 9.17) is 11.6 Å². The molecule has 2 atom stereocenters. The summed E-state index contributed by atoms with van der Waals surface area (Å²) in [6.07, 6.45) is 6.16. The number of hydrogen-bond acceptors (Lipinski definition) is 2. The van der Waals surface area contributed by atoms with Crippen LogP contribution in [0.15, 0.2) is 18.2 Å². The molecule has 0 saturated heterocycles. The number of carbonyl (C=O) groups excluding carboxylic acids is 1. The number of hydrogen-bond donors (Lipinski definition) is 2. The van der Waals surface area contributed by atoms with E-state index in [2.05, 4.69) is 17.6 Å². The van der Waals surface area contributed by atoms with Gasteiger partial charge in [0.1, 0.15) is 0 Å². The van der Waals surface area contributed by atoms with Crippen LogP contribution in [0.3, 0.4) is 0 Å². The van der Waals surface area contributed by atoms with Gasteiger partial charge in [0.25, 0.3) is 5.91 Å². The molecule has 0 aliphatic heterocycles. The largest absolute Gasteiger partial charge is 0.381 e. The van der Waals surface area contributed by atoms with Gasteiger partial charge in [0, 0.05) is 18.7 Å². The van der Waals surface area contributed by atoms with Crippen LogP contribution in [0.2, 0.25) is 5.02 Å². The highest BCUT2D eigenvalue weighted by atomic mass is 35.5. The Morgan fingerprint density at radius 1 is 1.25 bits per heavy atom. The Morgan fingerprint density at radius 2 is 2.05 bits per heavy atom. The number of halogens is 1. The smallest absolute Gasteiger partial charge is 0.251 e. The SMILES string of the molecule is CNC(=O)c1ccc(Cl)c(NC2CCCC(C)CC2)c1. The molecule has 2 unspecified atom stereocenters. The zero-order valence-corrected chi connectivity index (χ0v) is 13.0. The Morgan fingerprint density at radius 3 is 2.80 bits per heavy atom. The van der Waals surface area contributed by atoms with Gasteiger partial charge < -0.3 is 10.6 Å². The van der Waals surface area contributed by atoms with Crippen molar-refractivity contribution in [3.05, 3.63) is 28.8 Å². The third-order valence-corrected chi connectivity index (χ3v) is 4.40. The summed E-state index contributed by atoms with van der Waals surface area (Å²) in [4.78, 5) is 11.7. The highest BCUT2D eigenvalue weighted by Gasteiger charge is 2.17. The van der Waals surface area contributed by atoms with Crippen LogP contribution in [0.1, 0.15) is 49.4 Å². The van der Waals surface area contributed by atoms with E-state index < -0.39 is 0 Å². The molecule has 1 fully saturated rings. The molecule has 1 aromatic rings. The number of nitrogens with one attached hydrogen (secondary N) is 2. The molecule has 0 spiro atoms. The van der Waals surface area contributed by atoms with Crippen LogP contribution >= 0.6 is 11.6 Å². The fourth-order valence-corrected chi connectivity index (χ4v) is 2.94. The lowest BCUT2D eigenvalue weighted by Crippen LogP contribution is -2.20. The number of benzene rings is 1. The molecule has 2 rings (SSSR count). The molecule has 1 aliphatic carbocycles. The summed E-state index contributed by atoms with van der Waals surface area (Å²) in [6.45, 7) is 2.32. The summed E-state index contributed by atoms with van der Waals surface area (Å²) in [5.41, 5.74) is 1.51. The van der Waals surface area contributed by atoms with Gasteiger partial charge in [0.15, 0.2) is 0 Å². The lowest BCUT2D eigenvalue weighted by atomic mass is 10.0. The second kappa shape index (κ2) is 6.98. The van der Waals surface area contributed by atoms with Crippen LogP contribution in [0.4, 0.5) is 5.69 Å². The van der Waals surface area contributed by atoms with Crippen LogP contribution in [-0.2, 0) is 0 Å². The first kappa shape index (κ1) is 15.2. The quantitative estimate of drug-likeness (QED) is 0.825. The van der Waals surface area contributed by atoms with Gasteiger partial charge in [-0.05, 0) is 43.4 Å². The fraction of sp³-hybridized carbons (Fsp3) is 0.562. The summed E-state index contributed by atoms with van der Waals surface area (Å²) in [5, 5.41) is 6.83. The first-order valence-corrected chi connectivity index (χ1v) is 7.76. The van der Waals surface area contributed by atoms with Crippen molar-refractivity contribution < 1.29 is 4.79 Å². The van der Waals surface area contributed by atoms with E-state index in [9.17, 15) is 4.79 Å². The number of amides is 1. The molecule has 4 heteroatoms. The average Bonchev–Trinajstić information content (AvgIpc) is 2.65. The van der Waals surface area contributed by atoms with E-state index >= 15 is 0 Å². The zero-order chi connectivity index (χ0) is 14.5. The van der Waals surface area contributed by atoms with Crippen molar-refractivity contribution in [2.24, 2.45) is 5.92 Å². The molecule has 0 radical (unpaired) electrons. The first-order valence-electron chi connectivity index (χ1n) is 7.38. The summed E-state index contributed by atoms with van der Waals surface area (Å²) >= 11 is 6.24. The molecule has 20 heavy (non-hydrogen) atoms. The Hall–Kier alpha value is -1.22. The molecular formula is C16H23ClN2O. The van der Waals surface area contributed by atoms with Gasteiger partial charge in [-0.3, -0.25) is 4.79 Å². The summed E-state index contributed by atoms with van der Waals surface area (Å²) in [6, 6.07) is 5.84. The van der Waals surface area contributed by atoms with Crippen molar-refractivity contribution in [3.63, 3.8) is 0 Å². The van der Waals surface area contributed by atoms with Crippen molar-refractivity contribution in [2.75, 3.05) is 12.4 Å². The minimum absolute atomic E-state index is 0.0841. The zero-order valence-electron chi connectivity index (χ0n) is 12.2. The Balaban J connectivity index is 2.09. The number of rotatable bonds is 3. The standard InChI is InChI=1S/C16H23ClN2O/c1-11-4-3-5-13(8-6-11)19-15-10-12(16(20)18-2)7-9-14(15)17/h7,9-11,13,19H,3-6,8H2,1-2H3,(H,18,20). The molecule has 110 valence electrons. The fourth-order valence-electron chi connectivity index (χ4n) is 2.77. The predicted molar refractivity (Wildman–Crippen MR) is 84.5 cm³/mol. The van der Waals surface area contributed by atoms with E-state index in [0.29, 0.717) is 16.6 Å². The van der Waals surface area contributed by atoms with Crippen LogP contribution < -0.4 is 10.6 Å². The molecule has 1 amide bonds. The van der Waals surface area contributed by atoms with Gasteiger partial charge in [-0.1, -0.05) is 31.4 Å². The molecule has 1 saturated carbocycles. The molecule has 3 nitrogen and oxygen atoms in total. The molecule has 0 heterocycles. The Kier molecular flexibility index (Phi) is 5.30. The van der Waals surface area contributed by atoms with Gasteiger partial charge >= 0.3 is 0 Å². The van der Waals surface area contributed by atoms with E-state index in [1.807, 2.05) is 6.07 Å². The number of carbonyl (C=O) groups is 1. The third kappa shape index (κ3) is 3.89. The first-order chi connectivity index (χ1) is 9.60. The van der Waals surface area contributed by atoms with Crippen molar-refractivity contribution in [1.82, 2.24) is 5.32 Å². The molecule has 1 aliphatic rings. The van der Waals surface area contributed by atoms with Crippen molar-refractivity contribution in [3.8, 4) is 0 Å². The van der Waals surface area contributed by atoms with Crippen molar-refractivity contribution >= 4 is 23.2 Å². The maximum Gasteiger partial charge on any atom is 0.251 e. The molecule has 0 aromatic heterocycles. The maximum absolute atomic E-state index is 11.7. The van der Waals surface area contributed by atoms with Gasteiger partial charge in [-0.25, -0.2) is 0 Å². The predicted octanol–water partition coefficient (Wildman–Crippen LogP) is 4.08. The molecule has 1 aromatic carbocycles. The molecular weight excluding hydrogens is 272 g/mol. The maximum atomic E-state index is 11.7. The third-order valence-electron chi connectivity index (χ3n) is 4.07. The molecule has 2 N–H and O–H groups in total. The van der Waals surface area contributed by atoms with Crippen LogP contribution in [0, 0.1) is 5.92 Å². The Labute approximate surface area is 126 Å². The van der Waals surface area contributed by atoms with Crippen LogP contribution in [0.25, 0.3) is 0 Å². The van der Waals surface area contributed by atoms with Gasteiger partial charge in [-0.2, -0.15) is 0 Å². The minimum atomic E-state index is -0.0841. The van der Waals surface area contributed by atoms with Gasteiger partial charge in [0.05, 0.1) is 10.7 Å². The average molecular weight is 295 g/mol. The van der Waals surface area contributed by atoms with Crippen molar-refractivity contribution in [1.29, 1.82) is 0 Å². The summed E-state index contributed by atoms with van der Waals surface area (Å²) in [5.74, 6) is 0.730. The minimum Gasteiger partial charge on any atom is -0.381 e. The van der Waals surface area contributed by atoms with E-state index in [1.165, 1.54) is 32.1 Å². The Bertz CT molecular complexity index is 476. The number of anilines is 1. The second-order valence-corrected chi connectivity index (χ2v) is 6.14. The molecule has 0 bridgehead atoms. The van der Waals surface area contributed by atoms with Gasteiger partial charge in [-0.15, -0.1) is 0 Å². The highest BCUT2D eigenvalue weighted by Crippen LogP contribution is 2.28. The monoisotopic (exact) mass is 294 g/mol. The van der Waals surface area contributed by atoms with E-state index in [1.54, 1.807) is 19.2 Å². The highest BCUT2D eigenvalue weighted by molar-refractivity contribution is 6.33. The van der Waals surface area contributed by atoms with E-state index in [0.717, 1.165) is 11.6 Å². The second-order valence-electron chi connectivity index (χ2n) is 5.73. The van der Waals surface area contributed by atoms with Crippen molar-refractivity contribution in [2.45, 2.75) is 45.1 Å². The topological polar surface area (TPSA) is 41.1 Å².